The summed E-state index contributed by atoms with van der Waals surface area (Å²) in [6.45, 7) is 6.54. The van der Waals surface area contributed by atoms with Gasteiger partial charge in [0.05, 0.1) is 5.39 Å². The molecule has 0 saturated heterocycles. The van der Waals surface area contributed by atoms with Crippen molar-refractivity contribution in [1.29, 1.82) is 0 Å². The molecule has 4 aromatic rings. The lowest BCUT2D eigenvalue weighted by Crippen LogP contribution is -2.10. The van der Waals surface area contributed by atoms with Gasteiger partial charge in [-0.15, -0.1) is 11.3 Å². The van der Waals surface area contributed by atoms with Crippen molar-refractivity contribution in [2.24, 2.45) is 0 Å². The summed E-state index contributed by atoms with van der Waals surface area (Å²) in [6, 6.07) is 14.8. The molecule has 4 rings (SSSR count). The standard InChI is InChI=1S/C23H21FN2OS2/c1-23(2,3)16-9-7-15(8-10-16)18-13-28-21-19(18)20(27)25-22(26-21)29-12-14-5-4-6-17(24)11-14/h4-11,13H,12H2,1-3H3,(H,25,26,27). The molecule has 0 bridgehead atoms. The lowest BCUT2D eigenvalue weighted by molar-refractivity contribution is 0.590. The largest absolute Gasteiger partial charge is 0.301 e. The number of aromatic nitrogens is 2. The summed E-state index contributed by atoms with van der Waals surface area (Å²) in [5.74, 6) is 0.277. The fourth-order valence-electron chi connectivity index (χ4n) is 3.14. The minimum absolute atomic E-state index is 0.0854. The Morgan fingerprint density at radius 3 is 2.59 bits per heavy atom. The highest BCUT2D eigenvalue weighted by Gasteiger charge is 2.16. The lowest BCUT2D eigenvalue weighted by Gasteiger charge is -2.19. The number of nitrogens with one attached hydrogen (secondary N) is 1. The van der Waals surface area contributed by atoms with Gasteiger partial charge in [0.1, 0.15) is 10.6 Å². The van der Waals surface area contributed by atoms with Crippen LogP contribution in [0.25, 0.3) is 21.3 Å². The zero-order valence-electron chi connectivity index (χ0n) is 16.5. The maximum absolute atomic E-state index is 13.3. The van der Waals surface area contributed by atoms with Gasteiger partial charge >= 0.3 is 0 Å². The molecule has 0 atom stereocenters. The molecule has 0 unspecified atom stereocenters. The number of thioether (sulfide) groups is 1. The summed E-state index contributed by atoms with van der Waals surface area (Å²) >= 11 is 2.86. The molecule has 0 radical (unpaired) electrons. The second-order valence-corrected chi connectivity index (χ2v) is 9.77. The molecule has 0 saturated carbocycles. The summed E-state index contributed by atoms with van der Waals surface area (Å²) in [6.07, 6.45) is 0. The first kappa shape index (κ1) is 19.9. The van der Waals surface area contributed by atoms with E-state index in [4.69, 9.17) is 0 Å². The van der Waals surface area contributed by atoms with Gasteiger partial charge in [-0.3, -0.25) is 4.79 Å². The number of rotatable bonds is 4. The summed E-state index contributed by atoms with van der Waals surface area (Å²) < 4.78 is 13.3. The maximum atomic E-state index is 13.3. The van der Waals surface area contributed by atoms with E-state index in [0.29, 0.717) is 21.1 Å². The van der Waals surface area contributed by atoms with Crippen LogP contribution in [0.2, 0.25) is 0 Å². The first-order valence-corrected chi connectivity index (χ1v) is 11.2. The van der Waals surface area contributed by atoms with Crippen LogP contribution in [0, 0.1) is 5.82 Å². The Morgan fingerprint density at radius 2 is 1.90 bits per heavy atom. The van der Waals surface area contributed by atoms with Crippen LogP contribution in [0.3, 0.4) is 0 Å². The van der Waals surface area contributed by atoms with Crippen LogP contribution in [0.15, 0.2) is 63.9 Å². The third kappa shape index (κ3) is 4.28. The highest BCUT2D eigenvalue weighted by molar-refractivity contribution is 7.98. The molecule has 1 N–H and O–H groups in total. The molecular formula is C23H21FN2OS2. The molecule has 2 aromatic heterocycles. The fraction of sp³-hybridized carbons (Fsp3) is 0.217. The van der Waals surface area contributed by atoms with Crippen molar-refractivity contribution in [3.8, 4) is 11.1 Å². The van der Waals surface area contributed by atoms with E-state index in [-0.39, 0.29) is 16.8 Å². The third-order valence-electron chi connectivity index (χ3n) is 4.75. The molecule has 2 aromatic carbocycles. The van der Waals surface area contributed by atoms with E-state index in [1.54, 1.807) is 6.07 Å². The average molecular weight is 425 g/mol. The molecule has 148 valence electrons. The number of fused-ring (bicyclic) bond motifs is 1. The van der Waals surface area contributed by atoms with Crippen molar-refractivity contribution in [1.82, 2.24) is 9.97 Å². The summed E-state index contributed by atoms with van der Waals surface area (Å²) in [5.41, 5.74) is 3.96. The Balaban J connectivity index is 1.63. The Morgan fingerprint density at radius 1 is 1.14 bits per heavy atom. The van der Waals surface area contributed by atoms with Gasteiger partial charge in [0.2, 0.25) is 0 Å². The number of hydrogen-bond donors (Lipinski definition) is 1. The van der Waals surface area contributed by atoms with Gasteiger partial charge < -0.3 is 4.98 Å². The van der Waals surface area contributed by atoms with Gasteiger partial charge in [-0.2, -0.15) is 0 Å². The second kappa shape index (κ2) is 7.76. The van der Waals surface area contributed by atoms with E-state index in [1.165, 1.54) is 40.8 Å². The van der Waals surface area contributed by atoms with E-state index in [0.717, 1.165) is 16.7 Å². The minimum atomic E-state index is -0.264. The van der Waals surface area contributed by atoms with Crippen LogP contribution in [0.5, 0.6) is 0 Å². The first-order valence-electron chi connectivity index (χ1n) is 9.31. The molecule has 29 heavy (non-hydrogen) atoms. The van der Waals surface area contributed by atoms with Crippen LogP contribution in [0.4, 0.5) is 4.39 Å². The predicted molar refractivity (Wildman–Crippen MR) is 120 cm³/mol. The van der Waals surface area contributed by atoms with Crippen molar-refractivity contribution in [2.75, 3.05) is 0 Å². The Kier molecular flexibility index (Phi) is 5.32. The summed E-state index contributed by atoms with van der Waals surface area (Å²) in [5, 5.41) is 3.15. The topological polar surface area (TPSA) is 45.8 Å². The number of halogens is 1. The van der Waals surface area contributed by atoms with Crippen molar-refractivity contribution in [3.63, 3.8) is 0 Å². The van der Waals surface area contributed by atoms with Gasteiger partial charge in [0, 0.05) is 16.7 Å². The first-order chi connectivity index (χ1) is 13.8. The quantitative estimate of drug-likeness (QED) is 0.305. The van der Waals surface area contributed by atoms with E-state index >= 15 is 0 Å². The Hall–Kier alpha value is -2.44. The fourth-order valence-corrected chi connectivity index (χ4v) is 4.95. The van der Waals surface area contributed by atoms with E-state index in [2.05, 4.69) is 55.0 Å². The SMILES string of the molecule is CC(C)(C)c1ccc(-c2csc3nc(SCc4cccc(F)c4)[nH]c(=O)c23)cc1. The lowest BCUT2D eigenvalue weighted by atomic mass is 9.86. The molecule has 6 heteroatoms. The van der Waals surface area contributed by atoms with Crippen LogP contribution in [-0.2, 0) is 11.2 Å². The summed E-state index contributed by atoms with van der Waals surface area (Å²) in [4.78, 5) is 21.0. The smallest absolute Gasteiger partial charge is 0.260 e. The van der Waals surface area contributed by atoms with Crippen molar-refractivity contribution in [2.45, 2.75) is 37.1 Å². The molecule has 0 amide bonds. The summed E-state index contributed by atoms with van der Waals surface area (Å²) in [7, 11) is 0. The van der Waals surface area contributed by atoms with Gasteiger partial charge in [0.25, 0.3) is 5.56 Å². The molecule has 2 heterocycles. The highest BCUT2D eigenvalue weighted by atomic mass is 32.2. The third-order valence-corrected chi connectivity index (χ3v) is 6.57. The molecule has 3 nitrogen and oxygen atoms in total. The average Bonchev–Trinajstić information content (AvgIpc) is 3.10. The monoisotopic (exact) mass is 424 g/mol. The number of nitrogens with zero attached hydrogens (tertiary/aromatic N) is 1. The van der Waals surface area contributed by atoms with Crippen molar-refractivity contribution < 1.29 is 4.39 Å². The van der Waals surface area contributed by atoms with Gasteiger partial charge in [-0.05, 0) is 34.2 Å². The molecule has 0 aliphatic carbocycles. The molecule has 0 spiro atoms. The van der Waals surface area contributed by atoms with Crippen molar-refractivity contribution in [3.05, 3.63) is 81.2 Å². The second-order valence-electron chi connectivity index (χ2n) is 7.95. The number of hydrogen-bond acceptors (Lipinski definition) is 4. The number of H-pyrrole nitrogens is 1. The predicted octanol–water partition coefficient (Wildman–Crippen LogP) is 6.38. The molecule has 0 fully saturated rings. The zero-order chi connectivity index (χ0) is 20.6. The number of benzene rings is 2. The van der Waals surface area contributed by atoms with E-state index in [1.807, 2.05) is 11.4 Å². The normalized spacial score (nSPS) is 11.9. The van der Waals surface area contributed by atoms with Gasteiger partial charge in [-0.25, -0.2) is 9.37 Å². The van der Waals surface area contributed by atoms with Gasteiger partial charge in [-0.1, -0.05) is 68.9 Å². The maximum Gasteiger partial charge on any atom is 0.260 e. The van der Waals surface area contributed by atoms with Crippen LogP contribution < -0.4 is 5.56 Å². The Labute approximate surface area is 177 Å². The molecule has 0 aliphatic heterocycles. The Bertz CT molecular complexity index is 1220. The van der Waals surface area contributed by atoms with Crippen LogP contribution in [0.1, 0.15) is 31.9 Å². The van der Waals surface area contributed by atoms with Crippen LogP contribution in [-0.4, -0.2) is 9.97 Å². The molecule has 0 aliphatic rings. The minimum Gasteiger partial charge on any atom is -0.301 e. The highest BCUT2D eigenvalue weighted by Crippen LogP contribution is 2.33. The zero-order valence-corrected chi connectivity index (χ0v) is 18.1. The number of aromatic amines is 1. The van der Waals surface area contributed by atoms with Gasteiger partial charge in [0.15, 0.2) is 5.16 Å². The van der Waals surface area contributed by atoms with E-state index in [9.17, 15) is 9.18 Å². The van der Waals surface area contributed by atoms with E-state index < -0.39 is 0 Å². The number of thiophene rings is 1. The van der Waals surface area contributed by atoms with Crippen LogP contribution >= 0.6 is 23.1 Å². The molecular weight excluding hydrogens is 403 g/mol. The van der Waals surface area contributed by atoms with Crippen molar-refractivity contribution >= 4 is 33.3 Å².